The normalized spacial score (nSPS) is 10.5. The van der Waals surface area contributed by atoms with Gasteiger partial charge in [0.25, 0.3) is 11.8 Å². The molecule has 0 bridgehead atoms. The molecule has 0 aliphatic carbocycles. The standard InChI is InChI=1S/C23H30N2O2/c1-4-16-25(17-5-2)23(27)21-14-12-20(13-15-21)22(26)24(6-3)18-19-10-8-7-9-11-19/h7-15H,4-6,16-18H2,1-3H3. The van der Waals surface area contributed by atoms with Gasteiger partial charge in [0.05, 0.1) is 0 Å². The van der Waals surface area contributed by atoms with Crippen LogP contribution in [0.4, 0.5) is 0 Å². The maximum atomic E-state index is 12.8. The third kappa shape index (κ3) is 5.68. The van der Waals surface area contributed by atoms with E-state index >= 15 is 0 Å². The van der Waals surface area contributed by atoms with E-state index in [4.69, 9.17) is 0 Å². The van der Waals surface area contributed by atoms with Crippen LogP contribution in [0.3, 0.4) is 0 Å². The molecular formula is C23H30N2O2. The summed E-state index contributed by atoms with van der Waals surface area (Å²) in [7, 11) is 0. The first-order chi connectivity index (χ1) is 13.1. The maximum absolute atomic E-state index is 12.8. The first-order valence-corrected chi connectivity index (χ1v) is 9.83. The molecule has 0 aliphatic heterocycles. The third-order valence-corrected chi connectivity index (χ3v) is 4.54. The van der Waals surface area contributed by atoms with E-state index in [0.29, 0.717) is 24.2 Å². The predicted molar refractivity (Wildman–Crippen MR) is 110 cm³/mol. The Labute approximate surface area is 162 Å². The smallest absolute Gasteiger partial charge is 0.254 e. The number of hydrogen-bond acceptors (Lipinski definition) is 2. The van der Waals surface area contributed by atoms with Crippen LogP contribution < -0.4 is 0 Å². The maximum Gasteiger partial charge on any atom is 0.254 e. The fraction of sp³-hybridized carbons (Fsp3) is 0.391. The van der Waals surface area contributed by atoms with Crippen LogP contribution in [0, 0.1) is 0 Å². The minimum absolute atomic E-state index is 0.0145. The number of nitrogens with zero attached hydrogens (tertiary/aromatic N) is 2. The summed E-state index contributed by atoms with van der Waals surface area (Å²) in [6.45, 7) is 8.86. The molecule has 2 amide bonds. The summed E-state index contributed by atoms with van der Waals surface area (Å²) in [6, 6.07) is 17.0. The van der Waals surface area contributed by atoms with Gasteiger partial charge in [-0.2, -0.15) is 0 Å². The lowest BCUT2D eigenvalue weighted by Crippen LogP contribution is -2.32. The van der Waals surface area contributed by atoms with Crippen molar-refractivity contribution < 1.29 is 9.59 Å². The molecule has 0 spiro atoms. The molecule has 27 heavy (non-hydrogen) atoms. The first-order valence-electron chi connectivity index (χ1n) is 9.83. The number of benzene rings is 2. The van der Waals surface area contributed by atoms with Crippen molar-refractivity contribution in [3.8, 4) is 0 Å². The Morgan fingerprint density at radius 1 is 0.704 bits per heavy atom. The van der Waals surface area contributed by atoms with Crippen LogP contribution in [0.15, 0.2) is 54.6 Å². The van der Waals surface area contributed by atoms with Crippen LogP contribution in [0.5, 0.6) is 0 Å². The summed E-state index contributed by atoms with van der Waals surface area (Å²) in [6.07, 6.45) is 1.88. The van der Waals surface area contributed by atoms with E-state index in [-0.39, 0.29) is 11.8 Å². The molecule has 0 radical (unpaired) electrons. The fourth-order valence-electron chi connectivity index (χ4n) is 3.11. The highest BCUT2D eigenvalue weighted by molar-refractivity contribution is 5.97. The van der Waals surface area contributed by atoms with Crippen LogP contribution in [0.1, 0.15) is 59.9 Å². The zero-order valence-corrected chi connectivity index (χ0v) is 16.6. The monoisotopic (exact) mass is 366 g/mol. The molecule has 2 rings (SSSR count). The Morgan fingerprint density at radius 2 is 1.19 bits per heavy atom. The molecule has 0 aromatic heterocycles. The zero-order chi connectivity index (χ0) is 19.6. The average Bonchev–Trinajstić information content (AvgIpc) is 2.71. The number of carbonyl (C=O) groups excluding carboxylic acids is 2. The molecule has 4 nitrogen and oxygen atoms in total. The molecule has 0 aliphatic rings. The van der Waals surface area contributed by atoms with E-state index in [2.05, 4.69) is 13.8 Å². The van der Waals surface area contributed by atoms with Crippen molar-refractivity contribution in [2.24, 2.45) is 0 Å². The van der Waals surface area contributed by atoms with Crippen molar-refractivity contribution in [1.29, 1.82) is 0 Å². The van der Waals surface area contributed by atoms with E-state index in [1.807, 2.05) is 47.1 Å². The summed E-state index contributed by atoms with van der Waals surface area (Å²) in [5.41, 5.74) is 2.36. The summed E-state index contributed by atoms with van der Waals surface area (Å²) in [5.74, 6) is 0.0219. The van der Waals surface area contributed by atoms with Gasteiger partial charge in [-0.3, -0.25) is 9.59 Å². The average molecular weight is 367 g/mol. The van der Waals surface area contributed by atoms with E-state index in [1.54, 1.807) is 24.3 Å². The number of hydrogen-bond donors (Lipinski definition) is 0. The SMILES string of the molecule is CCCN(CCC)C(=O)c1ccc(C(=O)N(CC)Cc2ccccc2)cc1. The Bertz CT molecular complexity index is 720. The van der Waals surface area contributed by atoms with E-state index < -0.39 is 0 Å². The zero-order valence-electron chi connectivity index (χ0n) is 16.6. The molecule has 2 aromatic rings. The quantitative estimate of drug-likeness (QED) is 0.650. The molecule has 0 saturated heterocycles. The fourth-order valence-corrected chi connectivity index (χ4v) is 3.11. The van der Waals surface area contributed by atoms with Crippen molar-refractivity contribution in [2.45, 2.75) is 40.2 Å². The van der Waals surface area contributed by atoms with E-state index in [0.717, 1.165) is 31.5 Å². The highest BCUT2D eigenvalue weighted by atomic mass is 16.2. The van der Waals surface area contributed by atoms with Crippen LogP contribution in [0.25, 0.3) is 0 Å². The minimum Gasteiger partial charge on any atom is -0.339 e. The van der Waals surface area contributed by atoms with Gasteiger partial charge in [-0.1, -0.05) is 44.2 Å². The Hall–Kier alpha value is -2.62. The van der Waals surface area contributed by atoms with Gasteiger partial charge in [0.2, 0.25) is 0 Å². The minimum atomic E-state index is -0.0145. The van der Waals surface area contributed by atoms with Gasteiger partial charge in [0.15, 0.2) is 0 Å². The second-order valence-electron chi connectivity index (χ2n) is 6.67. The summed E-state index contributed by atoms with van der Waals surface area (Å²) >= 11 is 0. The number of amides is 2. The molecule has 2 aromatic carbocycles. The molecule has 0 heterocycles. The Morgan fingerprint density at radius 3 is 1.63 bits per heavy atom. The molecule has 0 N–H and O–H groups in total. The topological polar surface area (TPSA) is 40.6 Å². The van der Waals surface area contributed by atoms with Gasteiger partial charge in [0, 0.05) is 37.3 Å². The van der Waals surface area contributed by atoms with Crippen molar-refractivity contribution >= 4 is 11.8 Å². The highest BCUT2D eigenvalue weighted by Crippen LogP contribution is 2.13. The third-order valence-electron chi connectivity index (χ3n) is 4.54. The van der Waals surface area contributed by atoms with Crippen molar-refractivity contribution in [3.63, 3.8) is 0 Å². The summed E-state index contributed by atoms with van der Waals surface area (Å²) in [5, 5.41) is 0. The largest absolute Gasteiger partial charge is 0.339 e. The van der Waals surface area contributed by atoms with Crippen LogP contribution in [0.2, 0.25) is 0 Å². The molecule has 0 fully saturated rings. The highest BCUT2D eigenvalue weighted by Gasteiger charge is 2.17. The van der Waals surface area contributed by atoms with Gasteiger partial charge in [-0.05, 0) is 49.6 Å². The van der Waals surface area contributed by atoms with Crippen LogP contribution in [-0.2, 0) is 6.54 Å². The summed E-state index contributed by atoms with van der Waals surface area (Å²) < 4.78 is 0. The molecule has 0 unspecified atom stereocenters. The van der Waals surface area contributed by atoms with Gasteiger partial charge < -0.3 is 9.80 Å². The van der Waals surface area contributed by atoms with E-state index in [1.165, 1.54) is 0 Å². The Kier molecular flexibility index (Phi) is 8.05. The lowest BCUT2D eigenvalue weighted by molar-refractivity contribution is 0.0742. The van der Waals surface area contributed by atoms with Gasteiger partial charge in [0.1, 0.15) is 0 Å². The summed E-state index contributed by atoms with van der Waals surface area (Å²) in [4.78, 5) is 29.2. The molecular weight excluding hydrogens is 336 g/mol. The van der Waals surface area contributed by atoms with Crippen molar-refractivity contribution in [2.75, 3.05) is 19.6 Å². The number of rotatable bonds is 9. The molecule has 4 heteroatoms. The van der Waals surface area contributed by atoms with Crippen molar-refractivity contribution in [1.82, 2.24) is 9.80 Å². The Balaban J connectivity index is 2.10. The lowest BCUT2D eigenvalue weighted by Gasteiger charge is -2.22. The van der Waals surface area contributed by atoms with Crippen LogP contribution >= 0.6 is 0 Å². The second-order valence-corrected chi connectivity index (χ2v) is 6.67. The van der Waals surface area contributed by atoms with Crippen LogP contribution in [-0.4, -0.2) is 41.2 Å². The molecule has 0 saturated carbocycles. The van der Waals surface area contributed by atoms with Gasteiger partial charge >= 0.3 is 0 Å². The lowest BCUT2D eigenvalue weighted by atomic mass is 10.1. The van der Waals surface area contributed by atoms with Gasteiger partial charge in [-0.15, -0.1) is 0 Å². The van der Waals surface area contributed by atoms with E-state index in [9.17, 15) is 9.59 Å². The second kappa shape index (κ2) is 10.5. The predicted octanol–water partition coefficient (Wildman–Crippen LogP) is 4.61. The first kappa shape index (κ1) is 20.7. The molecule has 0 atom stereocenters. The molecule has 144 valence electrons. The van der Waals surface area contributed by atoms with Gasteiger partial charge in [-0.25, -0.2) is 0 Å². The van der Waals surface area contributed by atoms with Crippen molar-refractivity contribution in [3.05, 3.63) is 71.3 Å². The number of carbonyl (C=O) groups is 2.